The number of halogens is 2. The van der Waals surface area contributed by atoms with Crippen molar-refractivity contribution in [3.63, 3.8) is 0 Å². The van der Waals surface area contributed by atoms with Gasteiger partial charge in [-0.1, -0.05) is 22.9 Å². The van der Waals surface area contributed by atoms with E-state index in [0.717, 1.165) is 11.3 Å². The normalized spacial score (nSPS) is 12.4. The molecule has 0 fully saturated rings. The smallest absolute Gasteiger partial charge is 0.350 e. The fourth-order valence-electron chi connectivity index (χ4n) is 1.99. The van der Waals surface area contributed by atoms with Gasteiger partial charge < -0.3 is 20.5 Å². The van der Waals surface area contributed by atoms with Crippen LogP contribution in [0.2, 0.25) is 5.15 Å². The molecule has 152 valence electrons. The van der Waals surface area contributed by atoms with Gasteiger partial charge in [-0.3, -0.25) is 4.79 Å². The van der Waals surface area contributed by atoms with E-state index < -0.39 is 23.6 Å². The summed E-state index contributed by atoms with van der Waals surface area (Å²) in [4.78, 5) is 32.4. The number of aliphatic hydroxyl groups is 1. The Morgan fingerprint density at radius 1 is 1.39 bits per heavy atom. The van der Waals surface area contributed by atoms with E-state index in [1.165, 1.54) is 32.3 Å². The average Bonchev–Trinajstić information content (AvgIpc) is 3.07. The number of pyridine rings is 1. The summed E-state index contributed by atoms with van der Waals surface area (Å²) in [6.07, 6.45) is 0.932. The Labute approximate surface area is 170 Å². The number of alkyl halides is 1. The monoisotopic (exact) mass is 430 g/mol. The highest BCUT2D eigenvalue weighted by molar-refractivity contribution is 7.17. The summed E-state index contributed by atoms with van der Waals surface area (Å²) in [5, 5.41) is 15.4. The second kappa shape index (κ2) is 9.26. The summed E-state index contributed by atoms with van der Waals surface area (Å²) in [7, 11) is 0. The van der Waals surface area contributed by atoms with Gasteiger partial charge in [0.1, 0.15) is 16.2 Å². The number of hydrogen-bond donors (Lipinski definition) is 3. The molecule has 3 N–H and O–H groups in total. The molecular formula is C17H20ClFN4O4S. The molecule has 2 rings (SSSR count). The number of ether oxygens (including phenoxy) is 1. The Balaban J connectivity index is 2.16. The Hall–Kier alpha value is -2.30. The van der Waals surface area contributed by atoms with Gasteiger partial charge in [0.05, 0.1) is 36.2 Å². The van der Waals surface area contributed by atoms with Crippen LogP contribution in [0.1, 0.15) is 40.8 Å². The molecule has 2 aromatic heterocycles. The van der Waals surface area contributed by atoms with Crippen LogP contribution < -0.4 is 10.6 Å². The van der Waals surface area contributed by atoms with Crippen LogP contribution in [0.5, 0.6) is 0 Å². The summed E-state index contributed by atoms with van der Waals surface area (Å²) in [6, 6.07) is 1.41. The largest absolute Gasteiger partial charge is 0.462 e. The minimum Gasteiger partial charge on any atom is -0.462 e. The van der Waals surface area contributed by atoms with Crippen molar-refractivity contribution in [1.29, 1.82) is 0 Å². The molecule has 0 aliphatic carbocycles. The van der Waals surface area contributed by atoms with Crippen LogP contribution in [0.15, 0.2) is 18.5 Å². The summed E-state index contributed by atoms with van der Waals surface area (Å²) in [6.45, 7) is 4.18. The number of hydrogen-bond acceptors (Lipinski definition) is 8. The van der Waals surface area contributed by atoms with Crippen LogP contribution in [-0.4, -0.2) is 51.9 Å². The Morgan fingerprint density at radius 3 is 2.75 bits per heavy atom. The molecule has 0 spiro atoms. The van der Waals surface area contributed by atoms with Crippen LogP contribution in [0.4, 0.5) is 15.2 Å². The highest BCUT2D eigenvalue weighted by atomic mass is 35.5. The predicted molar refractivity (Wildman–Crippen MR) is 104 cm³/mol. The van der Waals surface area contributed by atoms with Crippen molar-refractivity contribution >= 4 is 45.6 Å². The van der Waals surface area contributed by atoms with Crippen molar-refractivity contribution in [3.8, 4) is 0 Å². The first-order valence-corrected chi connectivity index (χ1v) is 9.51. The number of amides is 1. The third kappa shape index (κ3) is 5.85. The minimum absolute atomic E-state index is 0.0974. The first-order valence-electron chi connectivity index (χ1n) is 8.32. The number of nitrogens with one attached hydrogen (secondary N) is 2. The standard InChI is InChI=1S/C17H20ClFN4O4S/c1-4-27-15(25)11-7-22-16(28-11)23-10-5-13(18)20-6-9(10)14(24)21-8-12(19)17(2,3)26/h5-7,12,26H,4,8H2,1-3H3,(H,21,24)(H,20,22,23). The quantitative estimate of drug-likeness (QED) is 0.435. The molecule has 0 saturated heterocycles. The average molecular weight is 431 g/mol. The third-order valence-electron chi connectivity index (χ3n) is 3.55. The van der Waals surface area contributed by atoms with E-state index in [2.05, 4.69) is 20.6 Å². The van der Waals surface area contributed by atoms with Crippen molar-refractivity contribution in [3.05, 3.63) is 34.1 Å². The summed E-state index contributed by atoms with van der Waals surface area (Å²) in [5.74, 6) is -1.11. The molecular weight excluding hydrogens is 411 g/mol. The molecule has 2 aromatic rings. The Morgan fingerprint density at radius 2 is 2.11 bits per heavy atom. The SMILES string of the molecule is CCOC(=O)c1cnc(Nc2cc(Cl)ncc2C(=O)NCC(F)C(C)(C)O)s1. The van der Waals surface area contributed by atoms with Crippen molar-refractivity contribution < 1.29 is 23.8 Å². The van der Waals surface area contributed by atoms with Gasteiger partial charge in [0.25, 0.3) is 5.91 Å². The van der Waals surface area contributed by atoms with Gasteiger partial charge >= 0.3 is 5.97 Å². The Bertz CT molecular complexity index is 856. The molecule has 8 nitrogen and oxygen atoms in total. The zero-order valence-corrected chi connectivity index (χ0v) is 17.0. The molecule has 1 unspecified atom stereocenters. The van der Waals surface area contributed by atoms with Gasteiger partial charge in [-0.25, -0.2) is 19.2 Å². The number of esters is 1. The number of aromatic nitrogens is 2. The van der Waals surface area contributed by atoms with E-state index in [-0.39, 0.29) is 29.6 Å². The summed E-state index contributed by atoms with van der Waals surface area (Å²) in [5.41, 5.74) is -1.21. The van der Waals surface area contributed by atoms with Gasteiger partial charge in [-0.15, -0.1) is 0 Å². The van der Waals surface area contributed by atoms with Crippen molar-refractivity contribution in [2.45, 2.75) is 32.5 Å². The lowest BCUT2D eigenvalue weighted by molar-refractivity contribution is -0.00178. The van der Waals surface area contributed by atoms with E-state index >= 15 is 0 Å². The highest BCUT2D eigenvalue weighted by Gasteiger charge is 2.27. The summed E-state index contributed by atoms with van der Waals surface area (Å²) >= 11 is 6.94. The number of nitrogens with zero attached hydrogens (tertiary/aromatic N) is 2. The first-order chi connectivity index (χ1) is 13.1. The molecule has 0 aliphatic heterocycles. The van der Waals surface area contributed by atoms with E-state index in [1.54, 1.807) is 6.92 Å². The summed E-state index contributed by atoms with van der Waals surface area (Å²) < 4.78 is 18.8. The van der Waals surface area contributed by atoms with Gasteiger partial charge in [0.2, 0.25) is 0 Å². The third-order valence-corrected chi connectivity index (χ3v) is 4.65. The van der Waals surface area contributed by atoms with Crippen molar-refractivity contribution in [1.82, 2.24) is 15.3 Å². The molecule has 0 aliphatic rings. The molecule has 11 heteroatoms. The second-order valence-corrected chi connectivity index (χ2v) is 7.68. The fraction of sp³-hybridized carbons (Fsp3) is 0.412. The van der Waals surface area contributed by atoms with E-state index in [9.17, 15) is 19.1 Å². The van der Waals surface area contributed by atoms with Crippen LogP contribution in [-0.2, 0) is 4.74 Å². The molecule has 28 heavy (non-hydrogen) atoms. The van der Waals surface area contributed by atoms with Gasteiger partial charge in [0, 0.05) is 6.20 Å². The predicted octanol–water partition coefficient (Wildman–Crippen LogP) is 2.95. The molecule has 1 amide bonds. The topological polar surface area (TPSA) is 113 Å². The number of carbonyl (C=O) groups is 2. The van der Waals surface area contributed by atoms with Crippen LogP contribution in [0, 0.1) is 0 Å². The number of carbonyl (C=O) groups excluding carboxylic acids is 2. The maximum atomic E-state index is 13.9. The van der Waals surface area contributed by atoms with E-state index in [4.69, 9.17) is 16.3 Å². The maximum absolute atomic E-state index is 13.9. The maximum Gasteiger partial charge on any atom is 0.350 e. The van der Waals surface area contributed by atoms with Crippen molar-refractivity contribution in [2.24, 2.45) is 0 Å². The van der Waals surface area contributed by atoms with Crippen LogP contribution in [0.25, 0.3) is 0 Å². The van der Waals surface area contributed by atoms with Gasteiger partial charge in [-0.05, 0) is 26.8 Å². The highest BCUT2D eigenvalue weighted by Crippen LogP contribution is 2.27. The zero-order chi connectivity index (χ0) is 20.9. The van der Waals surface area contributed by atoms with Crippen LogP contribution in [0.3, 0.4) is 0 Å². The number of rotatable bonds is 8. The number of thiazole rings is 1. The first kappa shape index (κ1) is 22.0. The number of anilines is 2. The fourth-order valence-corrected chi connectivity index (χ4v) is 2.87. The van der Waals surface area contributed by atoms with E-state index in [0.29, 0.717) is 10.0 Å². The van der Waals surface area contributed by atoms with E-state index in [1.807, 2.05) is 0 Å². The van der Waals surface area contributed by atoms with Gasteiger partial charge in [0.15, 0.2) is 5.13 Å². The lowest BCUT2D eigenvalue weighted by Crippen LogP contribution is -2.42. The molecule has 2 heterocycles. The molecule has 0 bridgehead atoms. The van der Waals surface area contributed by atoms with Crippen LogP contribution >= 0.6 is 22.9 Å². The minimum atomic E-state index is -1.65. The molecule has 0 aromatic carbocycles. The molecule has 1 atom stereocenters. The lowest BCUT2D eigenvalue weighted by Gasteiger charge is -2.22. The molecule has 0 radical (unpaired) electrons. The molecule has 0 saturated carbocycles. The Kier molecular flexibility index (Phi) is 7.28. The second-order valence-electron chi connectivity index (χ2n) is 6.26. The zero-order valence-electron chi connectivity index (χ0n) is 15.5. The lowest BCUT2D eigenvalue weighted by atomic mass is 10.0. The van der Waals surface area contributed by atoms with Crippen molar-refractivity contribution in [2.75, 3.05) is 18.5 Å². The van der Waals surface area contributed by atoms with Gasteiger partial charge in [-0.2, -0.15) is 0 Å².